The van der Waals surface area contributed by atoms with Gasteiger partial charge in [0.15, 0.2) is 16.6 Å². The van der Waals surface area contributed by atoms with E-state index in [0.29, 0.717) is 58.0 Å². The number of amides is 1. The third-order valence-corrected chi connectivity index (χ3v) is 7.48. The maximum Gasteiger partial charge on any atom is 0.301 e. The number of anilines is 1. The number of methoxy groups -OCH3 is 2. The number of aliphatic hydroxyl groups excluding tert-OH is 1. The third kappa shape index (κ3) is 3.90. The molecule has 1 N–H and O–H groups in total. The Morgan fingerprint density at radius 3 is 2.53 bits per heavy atom. The van der Waals surface area contributed by atoms with Gasteiger partial charge in [-0.15, -0.1) is 0 Å². The number of aliphatic hydroxyl groups is 1. The summed E-state index contributed by atoms with van der Waals surface area (Å²) in [6.07, 6.45) is 0. The van der Waals surface area contributed by atoms with Gasteiger partial charge in [0.1, 0.15) is 30.5 Å². The molecule has 1 amide bonds. The molecule has 1 fully saturated rings. The first-order chi connectivity index (χ1) is 18.5. The Balaban J connectivity index is 1.54. The molecule has 1 atom stereocenters. The molecule has 192 valence electrons. The highest BCUT2D eigenvalue weighted by Crippen LogP contribution is 2.45. The van der Waals surface area contributed by atoms with Crippen molar-refractivity contribution in [2.75, 3.05) is 32.3 Å². The first kappa shape index (κ1) is 23.8. The second-order valence-electron chi connectivity index (χ2n) is 8.63. The third-order valence-electron chi connectivity index (χ3n) is 6.46. The number of ketones is 1. The van der Waals surface area contributed by atoms with E-state index in [-0.39, 0.29) is 11.3 Å². The van der Waals surface area contributed by atoms with Crippen LogP contribution >= 0.6 is 11.3 Å². The molecule has 3 heterocycles. The van der Waals surface area contributed by atoms with Gasteiger partial charge in [-0.1, -0.05) is 23.5 Å². The molecule has 2 aliphatic heterocycles. The summed E-state index contributed by atoms with van der Waals surface area (Å²) in [5.41, 5.74) is 1.51. The fraction of sp³-hybridized carbons (Fsp3) is 0.179. The van der Waals surface area contributed by atoms with Crippen molar-refractivity contribution in [3.63, 3.8) is 0 Å². The summed E-state index contributed by atoms with van der Waals surface area (Å²) in [6, 6.07) is 16.4. The minimum Gasteiger partial charge on any atom is -0.507 e. The molecule has 0 bridgehead atoms. The van der Waals surface area contributed by atoms with Crippen LogP contribution in [0.2, 0.25) is 0 Å². The Hall–Kier alpha value is -4.57. The van der Waals surface area contributed by atoms with Crippen LogP contribution in [-0.2, 0) is 9.59 Å². The van der Waals surface area contributed by atoms with Crippen molar-refractivity contribution in [3.8, 4) is 23.0 Å². The smallest absolute Gasteiger partial charge is 0.301 e. The molecule has 0 aliphatic carbocycles. The number of rotatable bonds is 5. The molecule has 1 aromatic heterocycles. The summed E-state index contributed by atoms with van der Waals surface area (Å²) in [4.78, 5) is 33.0. The van der Waals surface area contributed by atoms with Crippen LogP contribution in [0.25, 0.3) is 16.0 Å². The lowest BCUT2D eigenvalue weighted by Crippen LogP contribution is -2.29. The quantitative estimate of drug-likeness (QED) is 0.225. The largest absolute Gasteiger partial charge is 0.507 e. The van der Waals surface area contributed by atoms with Crippen molar-refractivity contribution in [3.05, 3.63) is 77.4 Å². The molecule has 38 heavy (non-hydrogen) atoms. The summed E-state index contributed by atoms with van der Waals surface area (Å²) < 4.78 is 22.7. The lowest BCUT2D eigenvalue weighted by molar-refractivity contribution is -0.132. The van der Waals surface area contributed by atoms with Crippen LogP contribution < -0.4 is 23.8 Å². The van der Waals surface area contributed by atoms with E-state index >= 15 is 0 Å². The number of ether oxygens (including phenoxy) is 4. The Kier molecular flexibility index (Phi) is 5.88. The maximum absolute atomic E-state index is 13.5. The standard InChI is InChI=1S/C28H22N2O7S/c1-34-17-5-3-4-15(12-17)24-23(25(31)16-6-9-20-21(13-16)37-11-10-36-20)26(32)27(33)30(24)28-29-19-8-7-18(35-2)14-22(19)38-28/h3-9,12-14,24,31H,10-11H2,1-2H3/b25-23-. The highest BCUT2D eigenvalue weighted by Gasteiger charge is 2.48. The topological polar surface area (TPSA) is 107 Å². The zero-order valence-electron chi connectivity index (χ0n) is 20.5. The van der Waals surface area contributed by atoms with Gasteiger partial charge in [-0.3, -0.25) is 14.5 Å². The van der Waals surface area contributed by atoms with Gasteiger partial charge < -0.3 is 24.1 Å². The van der Waals surface area contributed by atoms with Gasteiger partial charge in [0.2, 0.25) is 0 Å². The summed E-state index contributed by atoms with van der Waals surface area (Å²) in [7, 11) is 3.11. The SMILES string of the molecule is COc1cccc(C2/C(=C(/O)c3ccc4c(c3)OCCO4)C(=O)C(=O)N2c2nc3ccc(OC)cc3s2)c1. The predicted octanol–water partition coefficient (Wildman–Crippen LogP) is 4.71. The molecule has 9 nitrogen and oxygen atoms in total. The van der Waals surface area contributed by atoms with Crippen LogP contribution in [0.15, 0.2) is 66.2 Å². The van der Waals surface area contributed by atoms with Gasteiger partial charge in [0, 0.05) is 5.56 Å². The molecule has 2 aliphatic rings. The second kappa shape index (κ2) is 9.38. The molecule has 0 spiro atoms. The summed E-state index contributed by atoms with van der Waals surface area (Å²) in [5.74, 6) is 0.262. The maximum atomic E-state index is 13.5. The van der Waals surface area contributed by atoms with Crippen molar-refractivity contribution >= 4 is 44.1 Å². The minimum absolute atomic E-state index is 0.0585. The molecular weight excluding hydrogens is 508 g/mol. The number of thiazole rings is 1. The van der Waals surface area contributed by atoms with Gasteiger partial charge in [-0.05, 0) is 54.1 Å². The first-order valence-corrected chi connectivity index (χ1v) is 12.6. The fourth-order valence-electron chi connectivity index (χ4n) is 4.63. The molecule has 10 heteroatoms. The van der Waals surface area contributed by atoms with E-state index in [1.165, 1.54) is 23.3 Å². The summed E-state index contributed by atoms with van der Waals surface area (Å²) in [5, 5.41) is 11.8. The lowest BCUT2D eigenvalue weighted by atomic mass is 9.95. The molecule has 1 unspecified atom stereocenters. The van der Waals surface area contributed by atoms with Gasteiger partial charge >= 0.3 is 5.91 Å². The van der Waals surface area contributed by atoms with Crippen molar-refractivity contribution in [1.82, 2.24) is 4.98 Å². The van der Waals surface area contributed by atoms with Crippen LogP contribution in [0.4, 0.5) is 5.13 Å². The average Bonchev–Trinajstić information content (AvgIpc) is 3.49. The van der Waals surface area contributed by atoms with Gasteiger partial charge in [0.25, 0.3) is 5.78 Å². The monoisotopic (exact) mass is 530 g/mol. The van der Waals surface area contributed by atoms with Gasteiger partial charge in [-0.25, -0.2) is 4.98 Å². The minimum atomic E-state index is -0.944. The van der Waals surface area contributed by atoms with Crippen LogP contribution in [0.5, 0.6) is 23.0 Å². The number of hydrogen-bond acceptors (Lipinski definition) is 9. The number of benzene rings is 3. The predicted molar refractivity (Wildman–Crippen MR) is 141 cm³/mol. The van der Waals surface area contributed by atoms with E-state index in [1.807, 2.05) is 6.07 Å². The van der Waals surface area contributed by atoms with E-state index in [4.69, 9.17) is 18.9 Å². The fourth-order valence-corrected chi connectivity index (χ4v) is 5.65. The Morgan fingerprint density at radius 2 is 1.74 bits per heavy atom. The summed E-state index contributed by atoms with van der Waals surface area (Å²) in [6.45, 7) is 0.793. The zero-order chi connectivity index (χ0) is 26.4. The van der Waals surface area contributed by atoms with Crippen LogP contribution in [0, 0.1) is 0 Å². The van der Waals surface area contributed by atoms with Crippen LogP contribution in [-0.4, -0.2) is 49.2 Å². The Bertz CT molecular complexity index is 1630. The Morgan fingerprint density at radius 1 is 0.974 bits per heavy atom. The number of Topliss-reactive ketones (excluding diaryl/α,β-unsaturated/α-hetero) is 1. The van der Waals surface area contributed by atoms with Crippen molar-refractivity contribution < 1.29 is 33.6 Å². The zero-order valence-corrected chi connectivity index (χ0v) is 21.3. The van der Waals surface area contributed by atoms with E-state index in [2.05, 4.69) is 4.98 Å². The van der Waals surface area contributed by atoms with Crippen LogP contribution in [0.3, 0.4) is 0 Å². The van der Waals surface area contributed by atoms with Gasteiger partial charge in [-0.2, -0.15) is 0 Å². The number of fused-ring (bicyclic) bond motifs is 2. The lowest BCUT2D eigenvalue weighted by Gasteiger charge is -2.23. The Labute approximate surface area is 221 Å². The number of nitrogens with zero attached hydrogens (tertiary/aromatic N) is 2. The highest BCUT2D eigenvalue weighted by atomic mass is 32.1. The number of carbonyl (C=O) groups is 2. The molecule has 0 radical (unpaired) electrons. The molecule has 1 saturated heterocycles. The number of carbonyl (C=O) groups excluding carboxylic acids is 2. The number of hydrogen-bond donors (Lipinski definition) is 1. The molecule has 4 aromatic rings. The van der Waals surface area contributed by atoms with Crippen molar-refractivity contribution in [2.24, 2.45) is 0 Å². The first-order valence-electron chi connectivity index (χ1n) is 11.8. The summed E-state index contributed by atoms with van der Waals surface area (Å²) >= 11 is 1.26. The van der Waals surface area contributed by atoms with E-state index in [0.717, 1.165) is 4.70 Å². The molecule has 6 rings (SSSR count). The van der Waals surface area contributed by atoms with Crippen molar-refractivity contribution in [2.45, 2.75) is 6.04 Å². The molecular formula is C28H22N2O7S. The second-order valence-corrected chi connectivity index (χ2v) is 9.64. The average molecular weight is 531 g/mol. The van der Waals surface area contributed by atoms with Crippen LogP contribution in [0.1, 0.15) is 17.2 Å². The number of aromatic nitrogens is 1. The van der Waals surface area contributed by atoms with Crippen molar-refractivity contribution in [1.29, 1.82) is 0 Å². The van der Waals surface area contributed by atoms with E-state index in [1.54, 1.807) is 61.7 Å². The normalized spacial score (nSPS) is 18.2. The molecule has 3 aromatic carbocycles. The van der Waals surface area contributed by atoms with E-state index in [9.17, 15) is 14.7 Å². The highest BCUT2D eigenvalue weighted by molar-refractivity contribution is 7.22. The molecule has 0 saturated carbocycles. The van der Waals surface area contributed by atoms with E-state index < -0.39 is 17.7 Å². The van der Waals surface area contributed by atoms with Gasteiger partial charge in [0.05, 0.1) is 36.1 Å².